The van der Waals surface area contributed by atoms with Crippen molar-refractivity contribution in [3.05, 3.63) is 64.3 Å². The third kappa shape index (κ3) is 3.64. The minimum absolute atomic E-state index is 0.00386. The molecule has 5 nitrogen and oxygen atoms in total. The van der Waals surface area contributed by atoms with Gasteiger partial charge in [-0.3, -0.25) is 9.78 Å². The molecule has 26 heavy (non-hydrogen) atoms. The Morgan fingerprint density at radius 3 is 2.69 bits per heavy atom. The minimum atomic E-state index is -4.16. The summed E-state index contributed by atoms with van der Waals surface area (Å²) >= 11 is 3.29. The van der Waals surface area contributed by atoms with Crippen LogP contribution >= 0.6 is 15.9 Å². The van der Waals surface area contributed by atoms with Crippen molar-refractivity contribution in [1.29, 1.82) is 0 Å². The third-order valence-electron chi connectivity index (χ3n) is 3.84. The molecular formula is C19H16BrNO4S. The maximum absolute atomic E-state index is 12.9. The first-order chi connectivity index (χ1) is 12.3. The van der Waals surface area contributed by atoms with Crippen LogP contribution in [0, 0.1) is 6.92 Å². The van der Waals surface area contributed by atoms with Crippen LogP contribution in [0.2, 0.25) is 0 Å². The number of hydrogen-bond acceptors (Lipinski definition) is 5. The Labute approximate surface area is 160 Å². The predicted molar refractivity (Wildman–Crippen MR) is 103 cm³/mol. The van der Waals surface area contributed by atoms with Gasteiger partial charge in [0.15, 0.2) is 11.5 Å². The lowest BCUT2D eigenvalue weighted by molar-refractivity contribution is 0.0986. The number of benzene rings is 2. The second-order valence-corrected chi connectivity index (χ2v) is 8.23. The van der Waals surface area contributed by atoms with E-state index >= 15 is 0 Å². The molecule has 0 atom stereocenters. The van der Waals surface area contributed by atoms with Crippen LogP contribution in [0.4, 0.5) is 0 Å². The van der Waals surface area contributed by atoms with Crippen LogP contribution in [-0.4, -0.2) is 19.2 Å². The number of Topliss-reactive ketones (excluding diaryl/α,β-unsaturated/α-hetero) is 1. The number of carbonyl (C=O) groups excluding carboxylic acids is 1. The average Bonchev–Trinajstić information content (AvgIpc) is 2.61. The van der Waals surface area contributed by atoms with Gasteiger partial charge in [-0.2, -0.15) is 8.42 Å². The highest BCUT2D eigenvalue weighted by Crippen LogP contribution is 2.29. The van der Waals surface area contributed by atoms with E-state index in [1.807, 2.05) is 13.0 Å². The van der Waals surface area contributed by atoms with Crippen LogP contribution in [0.1, 0.15) is 29.3 Å². The zero-order valence-corrected chi connectivity index (χ0v) is 16.6. The number of aromatic nitrogens is 1. The SMILES string of the molecule is CCC(=O)c1cc(Br)ccc1OS(=O)(=O)c1cccc2cc(C)cnc12. The van der Waals surface area contributed by atoms with E-state index in [4.69, 9.17) is 4.18 Å². The maximum atomic E-state index is 12.9. The first kappa shape index (κ1) is 18.5. The molecule has 0 amide bonds. The number of ketones is 1. The number of carbonyl (C=O) groups is 1. The van der Waals surface area contributed by atoms with E-state index in [9.17, 15) is 13.2 Å². The first-order valence-corrected chi connectivity index (χ1v) is 10.1. The fourth-order valence-corrected chi connectivity index (χ4v) is 4.08. The number of rotatable bonds is 5. The van der Waals surface area contributed by atoms with E-state index in [0.717, 1.165) is 5.56 Å². The molecule has 7 heteroatoms. The van der Waals surface area contributed by atoms with Crippen LogP contribution in [0.25, 0.3) is 10.9 Å². The molecule has 0 N–H and O–H groups in total. The molecule has 0 unspecified atom stereocenters. The number of nitrogens with zero attached hydrogens (tertiary/aromatic N) is 1. The van der Waals surface area contributed by atoms with Crippen molar-refractivity contribution in [1.82, 2.24) is 4.98 Å². The van der Waals surface area contributed by atoms with Gasteiger partial charge in [0, 0.05) is 22.5 Å². The van der Waals surface area contributed by atoms with Crippen molar-refractivity contribution in [3.63, 3.8) is 0 Å². The van der Waals surface area contributed by atoms with Crippen LogP contribution in [-0.2, 0) is 10.1 Å². The molecule has 0 aliphatic carbocycles. The van der Waals surface area contributed by atoms with Crippen molar-refractivity contribution in [2.45, 2.75) is 25.2 Å². The van der Waals surface area contributed by atoms with Gasteiger partial charge in [0.25, 0.3) is 0 Å². The van der Waals surface area contributed by atoms with Gasteiger partial charge < -0.3 is 4.18 Å². The number of para-hydroxylation sites is 1. The Bertz CT molecular complexity index is 1110. The van der Waals surface area contributed by atoms with Crippen molar-refractivity contribution in [3.8, 4) is 5.75 Å². The molecule has 1 aromatic heterocycles. The van der Waals surface area contributed by atoms with E-state index in [2.05, 4.69) is 20.9 Å². The molecule has 1 heterocycles. The van der Waals surface area contributed by atoms with Gasteiger partial charge in [-0.25, -0.2) is 0 Å². The van der Waals surface area contributed by atoms with Crippen LogP contribution in [0.5, 0.6) is 5.75 Å². The number of halogens is 1. The van der Waals surface area contributed by atoms with Crippen LogP contribution in [0.15, 0.2) is 58.0 Å². The summed E-state index contributed by atoms with van der Waals surface area (Å²) in [6, 6.07) is 11.4. The first-order valence-electron chi connectivity index (χ1n) is 7.94. The van der Waals surface area contributed by atoms with Gasteiger partial charge >= 0.3 is 10.1 Å². The summed E-state index contributed by atoms with van der Waals surface area (Å²) in [6.07, 6.45) is 1.84. The Hall–Kier alpha value is -2.25. The summed E-state index contributed by atoms with van der Waals surface area (Å²) in [5.41, 5.74) is 1.48. The number of hydrogen-bond donors (Lipinski definition) is 0. The Morgan fingerprint density at radius 2 is 1.96 bits per heavy atom. The van der Waals surface area contributed by atoms with Gasteiger partial charge in [-0.15, -0.1) is 0 Å². The lowest BCUT2D eigenvalue weighted by Crippen LogP contribution is -2.13. The van der Waals surface area contributed by atoms with Crippen LogP contribution in [0.3, 0.4) is 0 Å². The fourth-order valence-electron chi connectivity index (χ4n) is 2.59. The molecule has 2 aromatic carbocycles. The third-order valence-corrected chi connectivity index (χ3v) is 5.60. The van der Waals surface area contributed by atoms with E-state index in [1.165, 1.54) is 12.1 Å². The summed E-state index contributed by atoms with van der Waals surface area (Å²) in [4.78, 5) is 16.4. The van der Waals surface area contributed by atoms with Gasteiger partial charge in [-0.05, 0) is 42.8 Å². The average molecular weight is 434 g/mol. The largest absolute Gasteiger partial charge is 0.378 e. The molecular weight excluding hydrogens is 418 g/mol. The van der Waals surface area contributed by atoms with Crippen molar-refractivity contribution in [2.75, 3.05) is 0 Å². The molecule has 0 saturated carbocycles. The molecule has 0 bridgehead atoms. The second-order valence-electron chi connectivity index (χ2n) is 5.80. The molecule has 3 aromatic rings. The van der Waals surface area contributed by atoms with Gasteiger partial charge in [-0.1, -0.05) is 35.0 Å². The molecule has 0 aliphatic heterocycles. The highest BCUT2D eigenvalue weighted by atomic mass is 79.9. The fraction of sp³-hybridized carbons (Fsp3) is 0.158. The maximum Gasteiger partial charge on any atom is 0.341 e. The second kappa shape index (κ2) is 7.17. The van der Waals surface area contributed by atoms with E-state index in [0.29, 0.717) is 15.4 Å². The lowest BCUT2D eigenvalue weighted by atomic mass is 10.1. The zero-order valence-electron chi connectivity index (χ0n) is 14.2. The topological polar surface area (TPSA) is 73.3 Å². The molecule has 0 radical (unpaired) electrons. The molecule has 0 fully saturated rings. The monoisotopic (exact) mass is 433 g/mol. The molecule has 0 spiro atoms. The minimum Gasteiger partial charge on any atom is -0.378 e. The summed E-state index contributed by atoms with van der Waals surface area (Å²) < 4.78 is 31.7. The van der Waals surface area contributed by atoms with Crippen molar-refractivity contribution in [2.24, 2.45) is 0 Å². The quantitative estimate of drug-likeness (QED) is 0.431. The predicted octanol–water partition coefficient (Wildman–Crippen LogP) is 4.67. The molecule has 3 rings (SSSR count). The molecule has 0 aliphatic rings. The highest BCUT2D eigenvalue weighted by Gasteiger charge is 2.23. The van der Waals surface area contributed by atoms with Gasteiger partial charge in [0.05, 0.1) is 11.1 Å². The normalized spacial score (nSPS) is 11.5. The van der Waals surface area contributed by atoms with Gasteiger partial charge in [0.1, 0.15) is 4.90 Å². The van der Waals surface area contributed by atoms with E-state index < -0.39 is 10.1 Å². The Kier molecular flexibility index (Phi) is 5.11. The van der Waals surface area contributed by atoms with Crippen molar-refractivity contribution < 1.29 is 17.4 Å². The summed E-state index contributed by atoms with van der Waals surface area (Å²) in [5, 5.41) is 0.704. The lowest BCUT2D eigenvalue weighted by Gasteiger charge is -2.12. The summed E-state index contributed by atoms with van der Waals surface area (Å²) in [6.45, 7) is 3.59. The van der Waals surface area contributed by atoms with Crippen LogP contribution < -0.4 is 4.18 Å². The molecule has 134 valence electrons. The number of pyridine rings is 1. The van der Waals surface area contributed by atoms with E-state index in [1.54, 1.807) is 37.4 Å². The summed E-state index contributed by atoms with van der Waals surface area (Å²) in [5.74, 6) is -0.202. The Morgan fingerprint density at radius 1 is 1.19 bits per heavy atom. The summed E-state index contributed by atoms with van der Waals surface area (Å²) in [7, 11) is -4.16. The smallest absolute Gasteiger partial charge is 0.341 e. The van der Waals surface area contributed by atoms with Crippen molar-refractivity contribution >= 4 is 42.7 Å². The number of aryl methyl sites for hydroxylation is 1. The highest BCUT2D eigenvalue weighted by molar-refractivity contribution is 9.10. The standard InChI is InChI=1S/C19H16BrNO4S/c1-3-16(22)15-10-14(20)7-8-17(15)25-26(23,24)18-6-4-5-13-9-12(2)11-21-19(13)18/h4-11H,3H2,1-2H3. The zero-order chi connectivity index (χ0) is 18.9. The van der Waals surface area contributed by atoms with Gasteiger partial charge in [0.2, 0.25) is 0 Å². The Balaban J connectivity index is 2.10. The van der Waals surface area contributed by atoms with E-state index in [-0.39, 0.29) is 28.4 Å². The number of fused-ring (bicyclic) bond motifs is 1. The molecule has 0 saturated heterocycles.